The van der Waals surface area contributed by atoms with Crippen molar-refractivity contribution in [3.63, 3.8) is 0 Å². The lowest BCUT2D eigenvalue weighted by Gasteiger charge is -2.15. The summed E-state index contributed by atoms with van der Waals surface area (Å²) < 4.78 is 10.3. The van der Waals surface area contributed by atoms with E-state index in [4.69, 9.17) is 9.47 Å². The number of methoxy groups -OCH3 is 2. The normalized spacial score (nSPS) is 18.4. The summed E-state index contributed by atoms with van der Waals surface area (Å²) in [5.41, 5.74) is 3.70. The van der Waals surface area contributed by atoms with Crippen LogP contribution in [0.1, 0.15) is 27.9 Å². The van der Waals surface area contributed by atoms with Gasteiger partial charge in [0.1, 0.15) is 11.4 Å². The van der Waals surface area contributed by atoms with Gasteiger partial charge >= 0.3 is 0 Å². The van der Waals surface area contributed by atoms with Crippen molar-refractivity contribution in [1.29, 1.82) is 0 Å². The highest BCUT2D eigenvalue weighted by atomic mass is 16.5. The fourth-order valence-corrected chi connectivity index (χ4v) is 4.86. The number of aromatic nitrogens is 2. The second-order valence-electron chi connectivity index (χ2n) is 9.10. The molecule has 188 valence electrons. The molecule has 3 aromatic rings. The van der Waals surface area contributed by atoms with Crippen LogP contribution in [-0.4, -0.2) is 54.0 Å². The fourth-order valence-electron chi connectivity index (χ4n) is 4.86. The molecule has 1 aromatic carbocycles. The van der Waals surface area contributed by atoms with Gasteiger partial charge in [-0.3, -0.25) is 9.59 Å². The van der Waals surface area contributed by atoms with Crippen molar-refractivity contribution in [2.45, 2.75) is 6.42 Å². The van der Waals surface area contributed by atoms with E-state index in [1.54, 1.807) is 42.6 Å². The Hall–Kier alpha value is -4.46. The summed E-state index contributed by atoms with van der Waals surface area (Å²) in [6, 6.07) is 17.1. The molecule has 1 fully saturated rings. The van der Waals surface area contributed by atoms with Crippen LogP contribution in [0.25, 0.3) is 11.6 Å². The van der Waals surface area contributed by atoms with E-state index in [1.807, 2.05) is 11.0 Å². The maximum absolute atomic E-state index is 12.8. The third-order valence-electron chi connectivity index (χ3n) is 6.77. The first-order valence-electron chi connectivity index (χ1n) is 12.1. The average Bonchev–Trinajstić information content (AvgIpc) is 3.52. The van der Waals surface area contributed by atoms with Crippen LogP contribution in [0.4, 0.5) is 5.82 Å². The minimum atomic E-state index is -0.401. The number of nitrogens with zero attached hydrogens (tertiary/aromatic N) is 3. The molecule has 2 amide bonds. The number of carbonyl (C=O) groups is 2. The van der Waals surface area contributed by atoms with Gasteiger partial charge in [-0.25, -0.2) is 4.98 Å². The number of allylic oxidation sites excluding steroid dienone is 1. The van der Waals surface area contributed by atoms with Gasteiger partial charge in [-0.1, -0.05) is 36.4 Å². The number of likely N-dealkylation sites (tertiary alicyclic amines) is 1. The van der Waals surface area contributed by atoms with E-state index in [2.05, 4.69) is 45.6 Å². The predicted molar refractivity (Wildman–Crippen MR) is 141 cm³/mol. The molecule has 8 nitrogen and oxygen atoms in total. The standard InChI is InChI=1S/C29H28N4O4/c1-36-26-12-10-24(29(32-26)37-2)28(35)31-25-11-8-19(16-30-25)9-13-27(34)33-17-22-14-21(15-23(22)18-33)20-6-4-3-5-7-20/h3-14,16,22-23H,15,17-18H2,1-2H3,(H,30,31,35). The summed E-state index contributed by atoms with van der Waals surface area (Å²) in [5, 5.41) is 2.73. The van der Waals surface area contributed by atoms with E-state index in [1.165, 1.54) is 25.4 Å². The Balaban J connectivity index is 1.16. The Morgan fingerprint density at radius 3 is 2.57 bits per heavy atom. The van der Waals surface area contributed by atoms with E-state index in [0.717, 1.165) is 25.1 Å². The molecule has 2 unspecified atom stereocenters. The Labute approximate surface area is 215 Å². The number of benzene rings is 1. The maximum atomic E-state index is 12.8. The van der Waals surface area contributed by atoms with Crippen LogP contribution in [0.3, 0.4) is 0 Å². The molecule has 1 aliphatic heterocycles. The first-order valence-corrected chi connectivity index (χ1v) is 12.1. The quantitative estimate of drug-likeness (QED) is 0.490. The predicted octanol–water partition coefficient (Wildman–Crippen LogP) is 4.32. The zero-order valence-corrected chi connectivity index (χ0v) is 20.8. The second-order valence-corrected chi connectivity index (χ2v) is 9.10. The number of anilines is 1. The number of ether oxygens (including phenoxy) is 2. The summed E-state index contributed by atoms with van der Waals surface area (Å²) in [4.78, 5) is 35.8. The van der Waals surface area contributed by atoms with Gasteiger partial charge in [-0.15, -0.1) is 0 Å². The van der Waals surface area contributed by atoms with Crippen molar-refractivity contribution in [3.8, 4) is 11.8 Å². The summed E-state index contributed by atoms with van der Waals surface area (Å²) in [5.74, 6) is 1.38. The molecule has 8 heteroatoms. The van der Waals surface area contributed by atoms with Crippen LogP contribution in [0, 0.1) is 11.8 Å². The van der Waals surface area contributed by atoms with Crippen LogP contribution >= 0.6 is 0 Å². The van der Waals surface area contributed by atoms with E-state index in [-0.39, 0.29) is 17.4 Å². The Bertz CT molecular complexity index is 1350. The molecule has 2 aromatic heterocycles. The zero-order chi connectivity index (χ0) is 25.8. The lowest BCUT2D eigenvalue weighted by Crippen LogP contribution is -2.27. The van der Waals surface area contributed by atoms with Gasteiger partial charge in [0, 0.05) is 31.4 Å². The van der Waals surface area contributed by atoms with E-state index < -0.39 is 5.91 Å². The molecule has 3 heterocycles. The second kappa shape index (κ2) is 10.7. The van der Waals surface area contributed by atoms with Gasteiger partial charge in [0.15, 0.2) is 0 Å². The average molecular weight is 497 g/mol. The van der Waals surface area contributed by atoms with E-state index in [9.17, 15) is 9.59 Å². The molecular weight excluding hydrogens is 468 g/mol. The summed E-state index contributed by atoms with van der Waals surface area (Å²) in [6.07, 6.45) is 8.29. The van der Waals surface area contributed by atoms with Crippen molar-refractivity contribution in [3.05, 3.63) is 89.6 Å². The van der Waals surface area contributed by atoms with Gasteiger partial charge in [0.05, 0.1) is 14.2 Å². The molecule has 0 saturated carbocycles. The van der Waals surface area contributed by atoms with Crippen LogP contribution in [0.2, 0.25) is 0 Å². The lowest BCUT2D eigenvalue weighted by atomic mass is 9.98. The molecule has 1 aliphatic carbocycles. The lowest BCUT2D eigenvalue weighted by molar-refractivity contribution is -0.125. The minimum absolute atomic E-state index is 0.000501. The highest BCUT2D eigenvalue weighted by molar-refractivity contribution is 6.05. The molecule has 2 aliphatic rings. The summed E-state index contributed by atoms with van der Waals surface area (Å²) in [6.45, 7) is 1.52. The number of nitrogens with one attached hydrogen (secondary N) is 1. The molecular formula is C29H28N4O4. The van der Waals surface area contributed by atoms with Gasteiger partial charge in [-0.05, 0) is 59.2 Å². The molecule has 1 saturated heterocycles. The largest absolute Gasteiger partial charge is 0.481 e. The fraction of sp³-hybridized carbons (Fsp3) is 0.241. The number of amides is 2. The first-order chi connectivity index (χ1) is 18.0. The highest BCUT2D eigenvalue weighted by Crippen LogP contribution is 2.40. The minimum Gasteiger partial charge on any atom is -0.481 e. The molecule has 5 rings (SSSR count). The van der Waals surface area contributed by atoms with E-state index in [0.29, 0.717) is 23.5 Å². The monoisotopic (exact) mass is 496 g/mol. The van der Waals surface area contributed by atoms with Gasteiger partial charge in [0.25, 0.3) is 5.91 Å². The number of rotatable bonds is 7. The molecule has 2 atom stereocenters. The van der Waals surface area contributed by atoms with Crippen LogP contribution in [0.15, 0.2) is 72.9 Å². The van der Waals surface area contributed by atoms with Crippen LogP contribution in [-0.2, 0) is 4.79 Å². The van der Waals surface area contributed by atoms with Crippen LogP contribution in [0.5, 0.6) is 11.8 Å². The van der Waals surface area contributed by atoms with Crippen molar-refractivity contribution < 1.29 is 19.1 Å². The number of carbonyl (C=O) groups excluding carboxylic acids is 2. The Morgan fingerprint density at radius 1 is 1.03 bits per heavy atom. The number of fused-ring (bicyclic) bond motifs is 1. The topological polar surface area (TPSA) is 93.7 Å². The maximum Gasteiger partial charge on any atom is 0.262 e. The molecule has 0 bridgehead atoms. The van der Waals surface area contributed by atoms with Crippen LogP contribution < -0.4 is 14.8 Å². The first kappa shape index (κ1) is 24.2. The summed E-state index contributed by atoms with van der Waals surface area (Å²) in [7, 11) is 2.93. The van der Waals surface area contributed by atoms with Gasteiger partial charge in [-0.2, -0.15) is 4.98 Å². The smallest absolute Gasteiger partial charge is 0.262 e. The van der Waals surface area contributed by atoms with Gasteiger partial charge in [0.2, 0.25) is 17.7 Å². The third kappa shape index (κ3) is 5.38. The van der Waals surface area contributed by atoms with Gasteiger partial charge < -0.3 is 19.7 Å². The number of hydrogen-bond donors (Lipinski definition) is 1. The Morgan fingerprint density at radius 2 is 1.86 bits per heavy atom. The summed E-state index contributed by atoms with van der Waals surface area (Å²) >= 11 is 0. The van der Waals surface area contributed by atoms with Crippen molar-refractivity contribution >= 4 is 29.3 Å². The molecule has 0 spiro atoms. The zero-order valence-electron chi connectivity index (χ0n) is 20.8. The molecule has 0 radical (unpaired) electrons. The SMILES string of the molecule is COc1ccc(C(=O)Nc2ccc(C=CC(=O)N3CC4C=C(c5ccccc5)CC4C3)cn2)c(OC)n1. The van der Waals surface area contributed by atoms with Crippen molar-refractivity contribution in [1.82, 2.24) is 14.9 Å². The molecule has 1 N–H and O–H groups in total. The number of hydrogen-bond acceptors (Lipinski definition) is 6. The van der Waals surface area contributed by atoms with Crippen molar-refractivity contribution in [2.75, 3.05) is 32.6 Å². The molecule has 37 heavy (non-hydrogen) atoms. The van der Waals surface area contributed by atoms with E-state index >= 15 is 0 Å². The Kier molecular flexibility index (Phi) is 6.98. The third-order valence-corrected chi connectivity index (χ3v) is 6.77. The van der Waals surface area contributed by atoms with Crippen molar-refractivity contribution in [2.24, 2.45) is 11.8 Å². The highest BCUT2D eigenvalue weighted by Gasteiger charge is 2.37. The number of pyridine rings is 2.